The molecule has 0 atom stereocenters. The van der Waals surface area contributed by atoms with Gasteiger partial charge in [-0.2, -0.15) is 0 Å². The fourth-order valence-electron chi connectivity index (χ4n) is 3.78. The quantitative estimate of drug-likeness (QED) is 0.444. The van der Waals surface area contributed by atoms with Crippen LogP contribution in [0.1, 0.15) is 53.6 Å². The monoisotopic (exact) mass is 488 g/mol. The van der Waals surface area contributed by atoms with Crippen LogP contribution in [0, 0.1) is 0 Å². The van der Waals surface area contributed by atoms with Crippen LogP contribution in [0.15, 0.2) is 42.0 Å². The van der Waals surface area contributed by atoms with Gasteiger partial charge in [-0.05, 0) is 49.0 Å². The van der Waals surface area contributed by atoms with Crippen LogP contribution in [0.25, 0.3) is 0 Å². The molecule has 1 aliphatic rings. The average Bonchev–Trinajstić information content (AvgIpc) is 2.82. The Morgan fingerprint density at radius 1 is 1.03 bits per heavy atom. The normalized spacial score (nSPS) is 17.2. The summed E-state index contributed by atoms with van der Waals surface area (Å²) in [6.07, 6.45) is 4.82. The molecule has 0 amide bonds. The Morgan fingerprint density at radius 2 is 1.76 bits per heavy atom. The summed E-state index contributed by atoms with van der Waals surface area (Å²) in [5.41, 5.74) is 2.02. The van der Waals surface area contributed by atoms with Crippen LogP contribution in [0.5, 0.6) is 17.2 Å². The molecule has 2 aromatic carbocycles. The second kappa shape index (κ2) is 12.4. The number of benzene rings is 2. The molecule has 34 heavy (non-hydrogen) atoms. The molecule has 0 bridgehead atoms. The fraction of sp³-hybridized carbons (Fsp3) is 0.385. The summed E-state index contributed by atoms with van der Waals surface area (Å²) in [5.74, 6) is -0.993. The van der Waals surface area contributed by atoms with E-state index in [4.69, 9.17) is 25.8 Å². The first kappa shape index (κ1) is 25.6. The molecule has 182 valence electrons. The van der Waals surface area contributed by atoms with E-state index in [2.05, 4.69) is 0 Å². The number of carbonyl (C=O) groups is 2. The maximum Gasteiger partial charge on any atom is 0.342 e. The Kier molecular flexibility index (Phi) is 9.36. The minimum atomic E-state index is -0.787. The van der Waals surface area contributed by atoms with Gasteiger partial charge in [-0.25, -0.2) is 4.79 Å². The molecule has 0 spiro atoms. The van der Waals surface area contributed by atoms with Crippen LogP contribution in [-0.2, 0) is 27.3 Å². The lowest BCUT2D eigenvalue weighted by atomic mass is 9.97. The predicted molar refractivity (Wildman–Crippen MR) is 128 cm³/mol. The molecule has 0 saturated heterocycles. The number of phenolic OH excluding ortho intramolecular Hbond substituents is 2. The van der Waals surface area contributed by atoms with Gasteiger partial charge in [-0.15, -0.1) is 0 Å². The number of methoxy groups -OCH3 is 1. The molecule has 0 radical (unpaired) electrons. The van der Waals surface area contributed by atoms with Crippen LogP contribution in [0.2, 0.25) is 5.02 Å². The summed E-state index contributed by atoms with van der Waals surface area (Å²) < 4.78 is 16.4. The minimum absolute atomic E-state index is 0.0894. The summed E-state index contributed by atoms with van der Waals surface area (Å²) in [7, 11) is 1.62. The molecule has 7 nitrogen and oxygen atoms in total. The van der Waals surface area contributed by atoms with Gasteiger partial charge in [0.15, 0.2) is 0 Å². The second-order valence-electron chi connectivity index (χ2n) is 8.13. The van der Waals surface area contributed by atoms with E-state index in [9.17, 15) is 19.8 Å². The van der Waals surface area contributed by atoms with Crippen molar-refractivity contribution in [2.75, 3.05) is 20.3 Å². The third kappa shape index (κ3) is 6.98. The van der Waals surface area contributed by atoms with E-state index in [0.717, 1.165) is 35.8 Å². The number of cyclic esters (lactones) is 1. The van der Waals surface area contributed by atoms with E-state index < -0.39 is 11.7 Å². The zero-order valence-electron chi connectivity index (χ0n) is 19.1. The fourth-order valence-corrected chi connectivity index (χ4v) is 4.00. The van der Waals surface area contributed by atoms with Crippen molar-refractivity contribution in [3.8, 4) is 17.2 Å². The highest BCUT2D eigenvalue weighted by atomic mass is 35.5. The van der Waals surface area contributed by atoms with Crippen molar-refractivity contribution in [2.45, 2.75) is 45.1 Å². The van der Waals surface area contributed by atoms with Gasteiger partial charge in [-0.1, -0.05) is 29.8 Å². The van der Waals surface area contributed by atoms with E-state index in [0.29, 0.717) is 32.5 Å². The van der Waals surface area contributed by atoms with E-state index in [1.54, 1.807) is 7.11 Å². The number of phenols is 2. The summed E-state index contributed by atoms with van der Waals surface area (Å²) in [6.45, 7) is 0.983. The number of aromatic hydroxyl groups is 2. The van der Waals surface area contributed by atoms with Gasteiger partial charge in [-0.3, -0.25) is 4.79 Å². The number of fused-ring (bicyclic) bond motifs is 1. The van der Waals surface area contributed by atoms with E-state index >= 15 is 0 Å². The largest absolute Gasteiger partial charge is 0.507 e. The molecule has 0 aromatic heterocycles. The number of esters is 1. The van der Waals surface area contributed by atoms with E-state index in [1.807, 2.05) is 30.3 Å². The molecule has 0 fully saturated rings. The van der Waals surface area contributed by atoms with Gasteiger partial charge in [0, 0.05) is 24.5 Å². The Labute approximate surface area is 203 Å². The number of hydrogen-bond donors (Lipinski definition) is 2. The van der Waals surface area contributed by atoms with Crippen molar-refractivity contribution in [3.05, 3.63) is 63.7 Å². The number of halogens is 1. The van der Waals surface area contributed by atoms with Crippen LogP contribution >= 0.6 is 11.6 Å². The molecule has 0 saturated carbocycles. The summed E-state index contributed by atoms with van der Waals surface area (Å²) >= 11 is 6.14. The molecular weight excluding hydrogens is 460 g/mol. The highest BCUT2D eigenvalue weighted by Gasteiger charge is 2.25. The number of hydrogen-bond acceptors (Lipinski definition) is 7. The minimum Gasteiger partial charge on any atom is -0.507 e. The lowest BCUT2D eigenvalue weighted by molar-refractivity contribution is -0.118. The van der Waals surface area contributed by atoms with Crippen molar-refractivity contribution in [1.29, 1.82) is 0 Å². The molecule has 0 aliphatic carbocycles. The van der Waals surface area contributed by atoms with Crippen LogP contribution in [-0.4, -0.2) is 42.3 Å². The van der Waals surface area contributed by atoms with Crippen molar-refractivity contribution in [1.82, 2.24) is 0 Å². The molecule has 1 heterocycles. The summed E-state index contributed by atoms with van der Waals surface area (Å²) in [4.78, 5) is 25.2. The van der Waals surface area contributed by atoms with Crippen molar-refractivity contribution < 1.29 is 34.0 Å². The lowest BCUT2D eigenvalue weighted by Gasteiger charge is -2.15. The molecular formula is C26H29ClO7. The first-order chi connectivity index (χ1) is 16.4. The zero-order chi connectivity index (χ0) is 24.5. The standard InChI is InChI=1S/C26H29ClO7/c1-32-20-10-8-18(9-11-20)16-33-15-17-5-2-3-7-19(28)13-21-24(26(31)34-12-4-6-17)22(29)14-23(30)25(21)27/h6,8-11,14,29-30H,2-5,7,12-13,15-16H2,1H3/b17-6+. The van der Waals surface area contributed by atoms with Crippen molar-refractivity contribution >= 4 is 23.4 Å². The van der Waals surface area contributed by atoms with Crippen molar-refractivity contribution in [3.63, 3.8) is 0 Å². The first-order valence-corrected chi connectivity index (χ1v) is 11.6. The van der Waals surface area contributed by atoms with Gasteiger partial charge >= 0.3 is 5.97 Å². The third-order valence-electron chi connectivity index (χ3n) is 5.60. The topological polar surface area (TPSA) is 102 Å². The number of ketones is 1. The molecule has 2 N–H and O–H groups in total. The van der Waals surface area contributed by atoms with E-state index in [1.165, 1.54) is 0 Å². The van der Waals surface area contributed by atoms with Gasteiger partial charge in [0.25, 0.3) is 0 Å². The first-order valence-electron chi connectivity index (χ1n) is 11.2. The highest BCUT2D eigenvalue weighted by Crippen LogP contribution is 2.37. The van der Waals surface area contributed by atoms with Crippen LogP contribution in [0.3, 0.4) is 0 Å². The number of ether oxygens (including phenoxy) is 3. The molecule has 3 rings (SSSR count). The smallest absolute Gasteiger partial charge is 0.342 e. The third-order valence-corrected chi connectivity index (χ3v) is 6.02. The maximum atomic E-state index is 12.6. The van der Waals surface area contributed by atoms with Gasteiger partial charge in [0.1, 0.15) is 28.6 Å². The highest BCUT2D eigenvalue weighted by molar-refractivity contribution is 6.33. The van der Waals surface area contributed by atoms with Gasteiger partial charge in [0.05, 0.1) is 32.0 Å². The average molecular weight is 489 g/mol. The summed E-state index contributed by atoms with van der Waals surface area (Å²) in [5, 5.41) is 20.0. The number of carbonyl (C=O) groups excluding carboxylic acids is 2. The molecule has 0 unspecified atom stereocenters. The summed E-state index contributed by atoms with van der Waals surface area (Å²) in [6, 6.07) is 8.65. The molecule has 2 aromatic rings. The lowest BCUT2D eigenvalue weighted by Crippen LogP contribution is -2.14. The molecule has 1 aliphatic heterocycles. The van der Waals surface area contributed by atoms with Gasteiger partial charge < -0.3 is 24.4 Å². The van der Waals surface area contributed by atoms with Gasteiger partial charge in [0.2, 0.25) is 0 Å². The van der Waals surface area contributed by atoms with Crippen LogP contribution < -0.4 is 4.74 Å². The predicted octanol–water partition coefficient (Wildman–Crippen LogP) is 5.14. The molecule has 8 heteroatoms. The maximum absolute atomic E-state index is 12.6. The number of Topliss-reactive ketones (excluding diaryl/α,β-unsaturated/α-hetero) is 1. The second-order valence-corrected chi connectivity index (χ2v) is 8.51. The van der Waals surface area contributed by atoms with E-state index in [-0.39, 0.29) is 40.7 Å². The van der Waals surface area contributed by atoms with Crippen LogP contribution in [0.4, 0.5) is 0 Å². The zero-order valence-corrected chi connectivity index (χ0v) is 19.9. The Morgan fingerprint density at radius 3 is 2.50 bits per heavy atom. The Balaban J connectivity index is 1.67. The number of rotatable bonds is 5. The van der Waals surface area contributed by atoms with Crippen molar-refractivity contribution in [2.24, 2.45) is 0 Å². The SMILES string of the molecule is COc1ccc(COC/C2=C/CCOC(=O)c3c(O)cc(O)c(Cl)c3CC(=O)CCCC2)cc1. The Hall–Kier alpha value is -3.03. The Bertz CT molecular complexity index is 1040.